The number of hydrogen-bond donors (Lipinski definition) is 1. The van der Waals surface area contributed by atoms with Crippen LogP contribution < -0.4 is 0 Å². The fourth-order valence-corrected chi connectivity index (χ4v) is 3.10. The van der Waals surface area contributed by atoms with Gasteiger partial charge in [-0.2, -0.15) is 0 Å². The number of rotatable bonds is 9. The zero-order valence-corrected chi connectivity index (χ0v) is 10.5. The van der Waals surface area contributed by atoms with E-state index in [2.05, 4.69) is 6.58 Å². The van der Waals surface area contributed by atoms with Crippen molar-refractivity contribution >= 4 is 32.8 Å². The Bertz CT molecular complexity index is 162. The van der Waals surface area contributed by atoms with Gasteiger partial charge in [-0.15, -0.1) is 6.58 Å². The van der Waals surface area contributed by atoms with E-state index in [1.54, 1.807) is 21.6 Å². The van der Waals surface area contributed by atoms with Crippen molar-refractivity contribution in [3.63, 3.8) is 0 Å². The predicted molar refractivity (Wildman–Crippen MR) is 69.0 cm³/mol. The molecule has 0 radical (unpaired) electrons. The second-order valence-electron chi connectivity index (χ2n) is 2.43. The van der Waals surface area contributed by atoms with E-state index in [-0.39, 0.29) is 6.61 Å². The lowest BCUT2D eigenvalue weighted by Crippen LogP contribution is -2.10. The predicted octanol–water partition coefficient (Wildman–Crippen LogP) is 2.20. The van der Waals surface area contributed by atoms with Crippen LogP contribution in [0.5, 0.6) is 0 Å². The van der Waals surface area contributed by atoms with Gasteiger partial charge in [-0.05, 0) is 22.7 Å². The summed E-state index contributed by atoms with van der Waals surface area (Å²) >= 11 is -0.817. The Labute approximate surface area is 96.8 Å². The van der Waals surface area contributed by atoms with E-state index in [4.69, 9.17) is 5.11 Å². The molecule has 0 fully saturated rings. The van der Waals surface area contributed by atoms with Crippen molar-refractivity contribution in [3.8, 4) is 0 Å². The highest BCUT2D eigenvalue weighted by Crippen LogP contribution is 2.21. The molecule has 0 aliphatic carbocycles. The van der Waals surface area contributed by atoms with Gasteiger partial charge in [0.1, 0.15) is 11.5 Å². The molecule has 2 nitrogen and oxygen atoms in total. The zero-order valence-electron chi connectivity index (χ0n) is 8.05. The molecule has 5 heteroatoms. The Morgan fingerprint density at radius 2 is 2.29 bits per heavy atom. The second-order valence-corrected chi connectivity index (χ2v) is 6.37. The number of aliphatic hydroxyl groups is 1. The first-order valence-corrected chi connectivity index (χ1v) is 8.18. The average molecular weight is 252 g/mol. The van der Waals surface area contributed by atoms with Crippen LogP contribution in [0, 0.1) is 0 Å². The minimum atomic E-state index is -0.817. The lowest BCUT2D eigenvalue weighted by atomic mass is 10.5. The van der Waals surface area contributed by atoms with Crippen LogP contribution in [0.15, 0.2) is 24.1 Å². The molecule has 1 N–H and O–H groups in total. The normalized spacial score (nSPS) is 13.3. The van der Waals surface area contributed by atoms with E-state index < -0.39 is 11.2 Å². The molecule has 0 rings (SSSR count). The molecule has 0 aromatic carbocycles. The first kappa shape index (κ1) is 14.5. The van der Waals surface area contributed by atoms with Crippen LogP contribution in [0.1, 0.15) is 6.42 Å². The maximum Gasteiger partial charge on any atom is 0.124 e. The number of aliphatic hydroxyl groups excluding tert-OH is 1. The quantitative estimate of drug-likeness (QED) is 0.296. The van der Waals surface area contributed by atoms with Gasteiger partial charge in [-0.25, -0.2) is 0 Å². The van der Waals surface area contributed by atoms with Crippen LogP contribution >= 0.6 is 21.6 Å². The molecule has 0 amide bonds. The van der Waals surface area contributed by atoms with E-state index in [9.17, 15) is 4.55 Å². The van der Waals surface area contributed by atoms with E-state index >= 15 is 0 Å². The molecule has 0 aliphatic rings. The van der Waals surface area contributed by atoms with Crippen molar-refractivity contribution in [2.45, 2.75) is 6.42 Å². The molecule has 0 aliphatic heterocycles. The van der Waals surface area contributed by atoms with Crippen molar-refractivity contribution in [2.24, 2.45) is 0 Å². The molecule has 0 bridgehead atoms. The summed E-state index contributed by atoms with van der Waals surface area (Å²) in [7, 11) is 3.32. The molecule has 0 saturated carbocycles. The maximum absolute atomic E-state index is 11.2. The topological polar surface area (TPSA) is 43.3 Å². The molecular weight excluding hydrogens is 236 g/mol. The van der Waals surface area contributed by atoms with E-state index in [1.807, 2.05) is 17.6 Å². The van der Waals surface area contributed by atoms with Gasteiger partial charge in [-0.3, -0.25) is 0 Å². The van der Waals surface area contributed by atoms with Crippen LogP contribution in [-0.4, -0.2) is 33.5 Å². The third-order valence-electron chi connectivity index (χ3n) is 1.22. The van der Waals surface area contributed by atoms with Gasteiger partial charge in [0.2, 0.25) is 0 Å². The highest BCUT2D eigenvalue weighted by molar-refractivity contribution is 8.77. The Balaban J connectivity index is 3.27. The Morgan fingerprint density at radius 3 is 2.93 bits per heavy atom. The smallest absolute Gasteiger partial charge is 0.124 e. The summed E-state index contributed by atoms with van der Waals surface area (Å²) in [6.45, 7) is 3.73. The summed E-state index contributed by atoms with van der Waals surface area (Å²) in [5, 5.41) is 10.5. The van der Waals surface area contributed by atoms with Gasteiger partial charge in [0.05, 0.1) is 0 Å². The second kappa shape index (κ2) is 11.5. The third-order valence-corrected chi connectivity index (χ3v) is 4.49. The van der Waals surface area contributed by atoms with Crippen molar-refractivity contribution in [1.29, 1.82) is 0 Å². The molecule has 1 unspecified atom stereocenters. The van der Waals surface area contributed by atoms with E-state index in [0.29, 0.717) is 17.9 Å². The van der Waals surface area contributed by atoms with Crippen LogP contribution in [0.4, 0.5) is 0 Å². The summed E-state index contributed by atoms with van der Waals surface area (Å²) in [6, 6.07) is 0. The SMILES string of the molecule is C=CCSSC=CC[S+]([O-])CCCO. The lowest BCUT2D eigenvalue weighted by Gasteiger charge is -2.06. The van der Waals surface area contributed by atoms with Gasteiger partial charge in [0, 0.05) is 18.8 Å². The molecule has 0 aromatic heterocycles. The molecule has 0 spiro atoms. The van der Waals surface area contributed by atoms with Crippen molar-refractivity contribution in [2.75, 3.05) is 23.9 Å². The molecule has 1 atom stereocenters. The van der Waals surface area contributed by atoms with Crippen molar-refractivity contribution < 1.29 is 9.66 Å². The fraction of sp³-hybridized carbons (Fsp3) is 0.556. The highest BCUT2D eigenvalue weighted by atomic mass is 33.1. The standard InChI is InChI=1S/C9H16O2S3/c1-2-6-12-13-7-4-9-14(11)8-3-5-10/h2,4,7,10H,1,3,5-6,8-9H2. The van der Waals surface area contributed by atoms with Gasteiger partial charge in [0.25, 0.3) is 0 Å². The first-order valence-electron chi connectivity index (χ1n) is 4.31. The lowest BCUT2D eigenvalue weighted by molar-refractivity contribution is 0.295. The van der Waals surface area contributed by atoms with Crippen LogP contribution in [0.25, 0.3) is 0 Å². The summed E-state index contributed by atoms with van der Waals surface area (Å²) in [5.74, 6) is 2.09. The van der Waals surface area contributed by atoms with Crippen LogP contribution in [0.2, 0.25) is 0 Å². The van der Waals surface area contributed by atoms with Gasteiger partial charge < -0.3 is 9.66 Å². The minimum Gasteiger partial charge on any atom is -0.616 e. The Morgan fingerprint density at radius 1 is 1.50 bits per heavy atom. The van der Waals surface area contributed by atoms with Gasteiger partial charge in [0.15, 0.2) is 0 Å². The summed E-state index contributed by atoms with van der Waals surface area (Å²) in [6.07, 6.45) is 4.39. The Kier molecular flexibility index (Phi) is 11.9. The minimum absolute atomic E-state index is 0.124. The largest absolute Gasteiger partial charge is 0.616 e. The van der Waals surface area contributed by atoms with Crippen molar-refractivity contribution in [1.82, 2.24) is 0 Å². The molecule has 14 heavy (non-hydrogen) atoms. The van der Waals surface area contributed by atoms with Gasteiger partial charge in [-0.1, -0.05) is 27.7 Å². The first-order chi connectivity index (χ1) is 6.81. The zero-order chi connectivity index (χ0) is 10.6. The van der Waals surface area contributed by atoms with Crippen LogP contribution in [0.3, 0.4) is 0 Å². The summed E-state index contributed by atoms with van der Waals surface area (Å²) < 4.78 is 11.2. The third kappa shape index (κ3) is 10.5. The van der Waals surface area contributed by atoms with Crippen LogP contribution in [-0.2, 0) is 11.2 Å². The average Bonchev–Trinajstić information content (AvgIpc) is 2.20. The molecule has 0 heterocycles. The van der Waals surface area contributed by atoms with Gasteiger partial charge >= 0.3 is 0 Å². The fourth-order valence-electron chi connectivity index (χ4n) is 0.621. The molecule has 82 valence electrons. The summed E-state index contributed by atoms with van der Waals surface area (Å²) in [5.41, 5.74) is 0. The molecule has 0 aromatic rings. The van der Waals surface area contributed by atoms with E-state index in [0.717, 1.165) is 5.75 Å². The molecule has 0 saturated heterocycles. The molecular formula is C9H16O2S3. The highest BCUT2D eigenvalue weighted by Gasteiger charge is 2.01. The number of hydrogen-bond acceptors (Lipinski definition) is 4. The van der Waals surface area contributed by atoms with Crippen molar-refractivity contribution in [3.05, 3.63) is 24.1 Å². The maximum atomic E-state index is 11.2. The van der Waals surface area contributed by atoms with E-state index in [1.165, 1.54) is 0 Å². The monoisotopic (exact) mass is 252 g/mol. The Hall–Kier alpha value is 0.450. The summed E-state index contributed by atoms with van der Waals surface area (Å²) in [4.78, 5) is 0.